The number of carbonyl (C=O) groups excluding carboxylic acids is 1. The van der Waals surface area contributed by atoms with E-state index in [0.29, 0.717) is 12.2 Å². The molecule has 0 unspecified atom stereocenters. The highest BCUT2D eigenvalue weighted by Crippen LogP contribution is 2.15. The van der Waals surface area contributed by atoms with Gasteiger partial charge < -0.3 is 4.74 Å². The molecule has 0 fully saturated rings. The first kappa shape index (κ1) is 10.1. The van der Waals surface area contributed by atoms with Crippen molar-refractivity contribution < 1.29 is 9.53 Å². The first-order chi connectivity index (χ1) is 6.15. The molecule has 1 aromatic carbocycles. The zero-order valence-corrected chi connectivity index (χ0v) is 8.60. The second-order valence-electron chi connectivity index (χ2n) is 2.72. The highest BCUT2D eigenvalue weighted by molar-refractivity contribution is 7.80. The van der Waals surface area contributed by atoms with E-state index in [9.17, 15) is 4.79 Å². The van der Waals surface area contributed by atoms with Crippen molar-refractivity contribution in [3.05, 3.63) is 29.3 Å². The van der Waals surface area contributed by atoms with Gasteiger partial charge in [0.1, 0.15) is 0 Å². The molecule has 0 aliphatic rings. The number of rotatable bonds is 2. The molecule has 0 bridgehead atoms. The van der Waals surface area contributed by atoms with Crippen LogP contribution in [-0.2, 0) is 4.74 Å². The number of aryl methyl sites for hydroxylation is 1. The Balaban J connectivity index is 2.90. The Hall–Kier alpha value is -0.960. The van der Waals surface area contributed by atoms with E-state index in [-0.39, 0.29) is 5.97 Å². The van der Waals surface area contributed by atoms with E-state index in [2.05, 4.69) is 12.6 Å². The zero-order valence-electron chi connectivity index (χ0n) is 7.70. The van der Waals surface area contributed by atoms with Crippen LogP contribution < -0.4 is 0 Å². The van der Waals surface area contributed by atoms with Gasteiger partial charge in [-0.1, -0.05) is 6.07 Å². The van der Waals surface area contributed by atoms with Crippen LogP contribution in [0.15, 0.2) is 23.1 Å². The molecular formula is C10H12O2S. The molecule has 2 nitrogen and oxygen atoms in total. The van der Waals surface area contributed by atoms with Crippen molar-refractivity contribution in [2.75, 3.05) is 6.61 Å². The van der Waals surface area contributed by atoms with Crippen LogP contribution in [0.5, 0.6) is 0 Å². The molecule has 0 saturated carbocycles. The normalized spacial score (nSPS) is 9.77. The van der Waals surface area contributed by atoms with Gasteiger partial charge >= 0.3 is 5.97 Å². The van der Waals surface area contributed by atoms with Crippen molar-refractivity contribution in [1.29, 1.82) is 0 Å². The van der Waals surface area contributed by atoms with Gasteiger partial charge in [0.15, 0.2) is 0 Å². The molecule has 70 valence electrons. The molecule has 0 radical (unpaired) electrons. The van der Waals surface area contributed by atoms with Crippen molar-refractivity contribution in [3.63, 3.8) is 0 Å². The van der Waals surface area contributed by atoms with Crippen molar-refractivity contribution in [1.82, 2.24) is 0 Å². The Kier molecular flexibility index (Phi) is 3.37. The monoisotopic (exact) mass is 196 g/mol. The van der Waals surface area contributed by atoms with E-state index < -0.39 is 0 Å². The highest BCUT2D eigenvalue weighted by Gasteiger charge is 2.06. The van der Waals surface area contributed by atoms with Crippen LogP contribution in [0.1, 0.15) is 22.8 Å². The topological polar surface area (TPSA) is 26.3 Å². The van der Waals surface area contributed by atoms with Crippen LogP contribution in [0.3, 0.4) is 0 Å². The second-order valence-corrected chi connectivity index (χ2v) is 3.20. The molecular weight excluding hydrogens is 184 g/mol. The molecule has 0 saturated heterocycles. The second kappa shape index (κ2) is 4.33. The Morgan fingerprint density at radius 2 is 2.23 bits per heavy atom. The summed E-state index contributed by atoms with van der Waals surface area (Å²) in [6.45, 7) is 4.12. The lowest BCUT2D eigenvalue weighted by atomic mass is 10.1. The van der Waals surface area contributed by atoms with Gasteiger partial charge in [0.2, 0.25) is 0 Å². The third-order valence-electron chi connectivity index (χ3n) is 1.72. The highest BCUT2D eigenvalue weighted by atomic mass is 32.1. The van der Waals surface area contributed by atoms with Crippen molar-refractivity contribution in [2.24, 2.45) is 0 Å². The van der Waals surface area contributed by atoms with Crippen LogP contribution in [0.25, 0.3) is 0 Å². The van der Waals surface area contributed by atoms with Crippen LogP contribution >= 0.6 is 12.6 Å². The average Bonchev–Trinajstić information content (AvgIpc) is 2.10. The first-order valence-corrected chi connectivity index (χ1v) is 4.56. The summed E-state index contributed by atoms with van der Waals surface area (Å²) in [5.74, 6) is -0.294. The third kappa shape index (κ3) is 2.49. The van der Waals surface area contributed by atoms with Gasteiger partial charge in [0, 0.05) is 4.90 Å². The van der Waals surface area contributed by atoms with E-state index in [1.54, 1.807) is 19.1 Å². The molecule has 0 spiro atoms. The predicted octanol–water partition coefficient (Wildman–Crippen LogP) is 2.46. The van der Waals surface area contributed by atoms with Crippen molar-refractivity contribution in [3.8, 4) is 0 Å². The summed E-state index contributed by atoms with van der Waals surface area (Å²) in [6, 6.07) is 5.32. The summed E-state index contributed by atoms with van der Waals surface area (Å²) in [4.78, 5) is 12.1. The van der Waals surface area contributed by atoms with Crippen molar-refractivity contribution in [2.45, 2.75) is 18.7 Å². The van der Waals surface area contributed by atoms with Crippen LogP contribution in [0.2, 0.25) is 0 Å². The lowest BCUT2D eigenvalue weighted by Gasteiger charge is -2.03. The number of carbonyl (C=O) groups is 1. The SMILES string of the molecule is CCOC(=O)c1ccc(C)c(S)c1. The molecule has 0 aliphatic carbocycles. The molecule has 1 rings (SSSR count). The largest absolute Gasteiger partial charge is 0.462 e. The van der Waals surface area contributed by atoms with Crippen LogP contribution in [-0.4, -0.2) is 12.6 Å². The van der Waals surface area contributed by atoms with Crippen LogP contribution in [0.4, 0.5) is 0 Å². The Labute approximate surface area is 83.3 Å². The Bertz CT molecular complexity index is 321. The molecule has 0 atom stereocenters. The average molecular weight is 196 g/mol. The minimum Gasteiger partial charge on any atom is -0.462 e. The summed E-state index contributed by atoms with van der Waals surface area (Å²) in [6.07, 6.45) is 0. The quantitative estimate of drug-likeness (QED) is 0.581. The summed E-state index contributed by atoms with van der Waals surface area (Å²) < 4.78 is 4.85. The number of ether oxygens (including phenoxy) is 1. The molecule has 0 aliphatic heterocycles. The summed E-state index contributed by atoms with van der Waals surface area (Å²) >= 11 is 4.22. The summed E-state index contributed by atoms with van der Waals surface area (Å²) in [5.41, 5.74) is 1.61. The van der Waals surface area contributed by atoms with E-state index >= 15 is 0 Å². The lowest BCUT2D eigenvalue weighted by Crippen LogP contribution is -2.04. The maximum Gasteiger partial charge on any atom is 0.338 e. The van der Waals surface area contributed by atoms with Crippen LogP contribution in [0, 0.1) is 6.92 Å². The molecule has 13 heavy (non-hydrogen) atoms. The van der Waals surface area contributed by atoms with E-state index in [4.69, 9.17) is 4.74 Å². The molecule has 1 aromatic rings. The van der Waals surface area contributed by atoms with Gasteiger partial charge in [-0.2, -0.15) is 0 Å². The Morgan fingerprint density at radius 3 is 2.77 bits per heavy atom. The molecule has 0 amide bonds. The minimum absolute atomic E-state index is 0.294. The number of benzene rings is 1. The fourth-order valence-electron chi connectivity index (χ4n) is 0.951. The summed E-state index contributed by atoms with van der Waals surface area (Å²) in [5, 5.41) is 0. The predicted molar refractivity (Wildman–Crippen MR) is 54.4 cm³/mol. The fraction of sp³-hybridized carbons (Fsp3) is 0.300. The maximum absolute atomic E-state index is 11.3. The third-order valence-corrected chi connectivity index (χ3v) is 2.20. The zero-order chi connectivity index (χ0) is 9.84. The Morgan fingerprint density at radius 1 is 1.54 bits per heavy atom. The molecule has 0 N–H and O–H groups in total. The van der Waals surface area contributed by atoms with Gasteiger partial charge in [-0.3, -0.25) is 0 Å². The maximum atomic E-state index is 11.3. The van der Waals surface area contributed by atoms with Crippen molar-refractivity contribution >= 4 is 18.6 Å². The minimum atomic E-state index is -0.294. The fourth-order valence-corrected chi connectivity index (χ4v) is 1.16. The molecule has 0 heterocycles. The van der Waals surface area contributed by atoms with Gasteiger partial charge in [-0.25, -0.2) is 4.79 Å². The van der Waals surface area contributed by atoms with E-state index in [1.807, 2.05) is 13.0 Å². The summed E-state index contributed by atoms with van der Waals surface area (Å²) in [7, 11) is 0. The standard InChI is InChI=1S/C10H12O2S/c1-3-12-10(11)8-5-4-7(2)9(13)6-8/h4-6,13H,3H2,1-2H3. The number of esters is 1. The first-order valence-electron chi connectivity index (χ1n) is 4.12. The van der Waals surface area contributed by atoms with E-state index in [1.165, 1.54) is 0 Å². The number of hydrogen-bond acceptors (Lipinski definition) is 3. The number of thiol groups is 1. The van der Waals surface area contributed by atoms with Gasteiger partial charge in [0.25, 0.3) is 0 Å². The van der Waals surface area contributed by atoms with E-state index in [0.717, 1.165) is 10.5 Å². The smallest absolute Gasteiger partial charge is 0.338 e. The molecule has 0 aromatic heterocycles. The van der Waals surface area contributed by atoms with Gasteiger partial charge in [-0.15, -0.1) is 12.6 Å². The van der Waals surface area contributed by atoms with Gasteiger partial charge in [-0.05, 0) is 31.5 Å². The number of hydrogen-bond donors (Lipinski definition) is 1. The molecule has 3 heteroatoms. The van der Waals surface area contributed by atoms with Gasteiger partial charge in [0.05, 0.1) is 12.2 Å². The lowest BCUT2D eigenvalue weighted by molar-refractivity contribution is 0.0526.